The van der Waals surface area contributed by atoms with Crippen LogP contribution in [0.2, 0.25) is 0 Å². The van der Waals surface area contributed by atoms with Gasteiger partial charge < -0.3 is 9.72 Å². The molecular formula is C18H21N3OS2. The first-order valence-corrected chi connectivity index (χ1v) is 9.84. The van der Waals surface area contributed by atoms with Crippen molar-refractivity contribution in [3.05, 3.63) is 41.2 Å². The minimum absolute atomic E-state index is 0.806. The van der Waals surface area contributed by atoms with E-state index in [1.54, 1.807) is 18.9 Å². The molecule has 0 aliphatic carbocycles. The summed E-state index contributed by atoms with van der Waals surface area (Å²) in [6.07, 6.45) is 1.98. The van der Waals surface area contributed by atoms with Gasteiger partial charge in [-0.05, 0) is 42.9 Å². The van der Waals surface area contributed by atoms with E-state index in [-0.39, 0.29) is 0 Å². The van der Waals surface area contributed by atoms with Crippen molar-refractivity contribution in [3.63, 3.8) is 0 Å². The highest BCUT2D eigenvalue weighted by molar-refractivity contribution is 7.99. The fraction of sp³-hybridized carbons (Fsp3) is 0.333. The highest BCUT2D eigenvalue weighted by Gasteiger charge is 2.11. The maximum atomic E-state index is 5.26. The van der Waals surface area contributed by atoms with Crippen LogP contribution in [0.3, 0.4) is 0 Å². The Kier molecular flexibility index (Phi) is 5.36. The first-order valence-electron chi connectivity index (χ1n) is 7.86. The summed E-state index contributed by atoms with van der Waals surface area (Å²) in [5, 5.41) is 0.907. The van der Waals surface area contributed by atoms with Crippen LogP contribution in [0.15, 0.2) is 34.4 Å². The fourth-order valence-electron chi connectivity index (χ4n) is 2.57. The quantitative estimate of drug-likeness (QED) is 0.629. The van der Waals surface area contributed by atoms with Crippen molar-refractivity contribution in [2.75, 3.05) is 12.9 Å². The molecule has 24 heavy (non-hydrogen) atoms. The maximum absolute atomic E-state index is 5.26. The first-order chi connectivity index (χ1) is 11.6. The highest BCUT2D eigenvalue weighted by Crippen LogP contribution is 2.30. The molecule has 3 aromatic rings. The second-order valence-corrected chi connectivity index (χ2v) is 7.73. The number of methoxy groups -OCH3 is 1. The molecule has 0 aliphatic heterocycles. The molecule has 1 N–H and O–H groups in total. The van der Waals surface area contributed by atoms with E-state index in [0.717, 1.165) is 39.1 Å². The number of hydrogen-bond donors (Lipinski definition) is 1. The van der Waals surface area contributed by atoms with Crippen LogP contribution in [0.1, 0.15) is 23.7 Å². The topological polar surface area (TPSA) is 50.8 Å². The number of aromatic nitrogens is 3. The van der Waals surface area contributed by atoms with E-state index in [2.05, 4.69) is 35.7 Å². The average Bonchev–Trinajstić information content (AvgIpc) is 2.99. The monoisotopic (exact) mass is 359 g/mol. The van der Waals surface area contributed by atoms with Crippen molar-refractivity contribution in [1.29, 1.82) is 0 Å². The van der Waals surface area contributed by atoms with Gasteiger partial charge >= 0.3 is 0 Å². The van der Waals surface area contributed by atoms with E-state index in [4.69, 9.17) is 4.74 Å². The van der Waals surface area contributed by atoms with Gasteiger partial charge in [-0.15, -0.1) is 11.8 Å². The molecule has 2 heterocycles. The molecule has 0 saturated heterocycles. The minimum Gasteiger partial charge on any atom is -0.497 e. The number of hydrogen-bond acceptors (Lipinski definition) is 5. The lowest BCUT2D eigenvalue weighted by Crippen LogP contribution is -1.97. The lowest BCUT2D eigenvalue weighted by atomic mass is 10.2. The minimum atomic E-state index is 0.806. The predicted molar refractivity (Wildman–Crippen MR) is 102 cm³/mol. The number of imidazole rings is 1. The van der Waals surface area contributed by atoms with Crippen LogP contribution in [0.5, 0.6) is 5.75 Å². The zero-order valence-electron chi connectivity index (χ0n) is 14.3. The molecule has 0 radical (unpaired) electrons. The molecule has 126 valence electrons. The normalized spacial score (nSPS) is 11.2. The van der Waals surface area contributed by atoms with Crippen LogP contribution >= 0.6 is 23.5 Å². The number of nitrogens with one attached hydrogen (secondary N) is 1. The van der Waals surface area contributed by atoms with Crippen molar-refractivity contribution in [3.8, 4) is 5.75 Å². The molecule has 0 atom stereocenters. The van der Waals surface area contributed by atoms with E-state index in [9.17, 15) is 0 Å². The largest absolute Gasteiger partial charge is 0.497 e. The van der Waals surface area contributed by atoms with Gasteiger partial charge in [0.1, 0.15) is 5.75 Å². The summed E-state index contributed by atoms with van der Waals surface area (Å²) in [6, 6.07) is 5.87. The van der Waals surface area contributed by atoms with E-state index < -0.39 is 0 Å². The highest BCUT2D eigenvalue weighted by atomic mass is 32.2. The summed E-state index contributed by atoms with van der Waals surface area (Å²) in [5.41, 5.74) is 5.61. The summed E-state index contributed by atoms with van der Waals surface area (Å²) in [6.45, 7) is 6.47. The van der Waals surface area contributed by atoms with Gasteiger partial charge in [0.2, 0.25) is 0 Å². The third-order valence-electron chi connectivity index (χ3n) is 3.85. The van der Waals surface area contributed by atoms with Crippen LogP contribution in [0.25, 0.3) is 11.0 Å². The van der Waals surface area contributed by atoms with Crippen LogP contribution < -0.4 is 4.74 Å². The second-order valence-electron chi connectivity index (χ2n) is 5.49. The Morgan fingerprint density at radius 3 is 2.79 bits per heavy atom. The summed E-state index contributed by atoms with van der Waals surface area (Å²) in [7, 11) is 1.67. The van der Waals surface area contributed by atoms with Crippen molar-refractivity contribution in [2.45, 2.75) is 36.6 Å². The van der Waals surface area contributed by atoms with Crippen molar-refractivity contribution >= 4 is 34.6 Å². The molecule has 0 unspecified atom stereocenters. The lowest BCUT2D eigenvalue weighted by molar-refractivity contribution is 0.415. The molecular weight excluding hydrogens is 338 g/mol. The van der Waals surface area contributed by atoms with Crippen molar-refractivity contribution < 1.29 is 4.74 Å². The molecule has 0 spiro atoms. The standard InChI is InChI=1S/C18H21N3OS2/c1-5-23-17-11(2)9-19-16(12(17)3)10-24-18-20-14-7-6-13(22-4)8-15(14)21-18/h6-9H,5,10H2,1-4H3,(H,20,21). The third-order valence-corrected chi connectivity index (χ3v) is 5.94. The lowest BCUT2D eigenvalue weighted by Gasteiger charge is -2.11. The van der Waals surface area contributed by atoms with Gasteiger partial charge in [0.15, 0.2) is 5.16 Å². The summed E-state index contributed by atoms with van der Waals surface area (Å²) in [4.78, 5) is 14.0. The molecule has 3 rings (SSSR count). The fourth-order valence-corrected chi connectivity index (χ4v) is 4.38. The van der Waals surface area contributed by atoms with E-state index >= 15 is 0 Å². The van der Waals surface area contributed by atoms with E-state index in [0.29, 0.717) is 0 Å². The average molecular weight is 360 g/mol. The van der Waals surface area contributed by atoms with Gasteiger partial charge in [-0.1, -0.05) is 18.7 Å². The number of H-pyrrole nitrogens is 1. The molecule has 0 amide bonds. The number of pyridine rings is 1. The Bertz CT molecular complexity index is 861. The zero-order valence-corrected chi connectivity index (χ0v) is 16.0. The Morgan fingerprint density at radius 2 is 2.04 bits per heavy atom. The van der Waals surface area contributed by atoms with Crippen molar-refractivity contribution in [2.24, 2.45) is 0 Å². The maximum Gasteiger partial charge on any atom is 0.166 e. The van der Waals surface area contributed by atoms with Crippen LogP contribution in [-0.4, -0.2) is 27.8 Å². The molecule has 0 aliphatic rings. The Balaban J connectivity index is 1.79. The number of rotatable bonds is 6. The number of aryl methyl sites for hydroxylation is 1. The summed E-state index contributed by atoms with van der Waals surface area (Å²) < 4.78 is 5.26. The van der Waals surface area contributed by atoms with Crippen LogP contribution in [0, 0.1) is 13.8 Å². The predicted octanol–water partition coefficient (Wildman–Crippen LogP) is 4.99. The third kappa shape index (κ3) is 3.54. The summed E-state index contributed by atoms with van der Waals surface area (Å²) in [5.74, 6) is 2.71. The molecule has 0 saturated carbocycles. The van der Waals surface area contributed by atoms with Crippen molar-refractivity contribution in [1.82, 2.24) is 15.0 Å². The number of benzene rings is 1. The van der Waals surface area contributed by atoms with Gasteiger partial charge in [-0.25, -0.2) is 4.98 Å². The number of aromatic amines is 1. The van der Waals surface area contributed by atoms with Gasteiger partial charge in [-0.2, -0.15) is 0 Å². The zero-order chi connectivity index (χ0) is 17.1. The van der Waals surface area contributed by atoms with Gasteiger partial charge in [0, 0.05) is 22.9 Å². The summed E-state index contributed by atoms with van der Waals surface area (Å²) >= 11 is 3.57. The Hall–Kier alpha value is -1.66. The van der Waals surface area contributed by atoms with Gasteiger partial charge in [-0.3, -0.25) is 4.98 Å². The van der Waals surface area contributed by atoms with Crippen LogP contribution in [0.4, 0.5) is 0 Å². The number of fused-ring (bicyclic) bond motifs is 1. The second kappa shape index (κ2) is 7.49. The number of nitrogens with zero attached hydrogens (tertiary/aromatic N) is 2. The number of thioether (sulfide) groups is 2. The molecule has 0 fully saturated rings. The molecule has 2 aromatic heterocycles. The Morgan fingerprint density at radius 1 is 1.21 bits per heavy atom. The molecule has 0 bridgehead atoms. The van der Waals surface area contributed by atoms with E-state index in [1.165, 1.54) is 16.0 Å². The smallest absolute Gasteiger partial charge is 0.166 e. The Labute approximate surface area is 150 Å². The molecule has 6 heteroatoms. The molecule has 1 aromatic carbocycles. The van der Waals surface area contributed by atoms with Crippen LogP contribution in [-0.2, 0) is 5.75 Å². The first kappa shape index (κ1) is 17.2. The molecule has 4 nitrogen and oxygen atoms in total. The SMILES string of the molecule is CCSc1c(C)cnc(CSc2nc3ccc(OC)cc3[nH]2)c1C. The van der Waals surface area contributed by atoms with Gasteiger partial charge in [0.25, 0.3) is 0 Å². The van der Waals surface area contributed by atoms with Gasteiger partial charge in [0.05, 0.1) is 23.8 Å². The van der Waals surface area contributed by atoms with E-state index in [1.807, 2.05) is 36.2 Å². The number of ether oxygens (including phenoxy) is 1.